The predicted octanol–water partition coefficient (Wildman–Crippen LogP) is -0.687. The summed E-state index contributed by atoms with van der Waals surface area (Å²) in [5.74, 6) is 0. The van der Waals surface area contributed by atoms with Gasteiger partial charge in [0.05, 0.1) is 6.61 Å². The van der Waals surface area contributed by atoms with Crippen molar-refractivity contribution >= 4 is 23.5 Å². The van der Waals surface area contributed by atoms with Crippen molar-refractivity contribution in [3.63, 3.8) is 0 Å². The standard InChI is InChI=1S/C10H12BNO3/c13-6-5-12-4-3-8-1-2-9(11(14)15)7-10(8)12/h1-4,7,13-15H,5-6H2. The number of fused-ring (bicyclic) bond motifs is 1. The first-order valence-electron chi connectivity index (χ1n) is 4.78. The highest BCUT2D eigenvalue weighted by atomic mass is 16.4. The molecule has 15 heavy (non-hydrogen) atoms. The number of aromatic nitrogens is 1. The zero-order valence-corrected chi connectivity index (χ0v) is 8.17. The smallest absolute Gasteiger partial charge is 0.423 e. The summed E-state index contributed by atoms with van der Waals surface area (Å²) in [5, 5.41) is 28.0. The Morgan fingerprint density at radius 2 is 2.00 bits per heavy atom. The molecule has 0 amide bonds. The van der Waals surface area contributed by atoms with Crippen LogP contribution in [0.4, 0.5) is 0 Å². The zero-order valence-electron chi connectivity index (χ0n) is 8.17. The minimum atomic E-state index is -1.45. The van der Waals surface area contributed by atoms with Crippen LogP contribution in [0, 0.1) is 0 Å². The number of nitrogens with zero attached hydrogens (tertiary/aromatic N) is 1. The van der Waals surface area contributed by atoms with E-state index in [1.807, 2.05) is 22.9 Å². The van der Waals surface area contributed by atoms with Gasteiger partial charge in [-0.1, -0.05) is 12.1 Å². The van der Waals surface area contributed by atoms with E-state index in [9.17, 15) is 0 Å². The van der Waals surface area contributed by atoms with Crippen LogP contribution in [0.15, 0.2) is 30.5 Å². The van der Waals surface area contributed by atoms with Gasteiger partial charge < -0.3 is 19.7 Å². The predicted molar refractivity (Wildman–Crippen MR) is 58.8 cm³/mol. The van der Waals surface area contributed by atoms with Gasteiger partial charge in [0.2, 0.25) is 0 Å². The Balaban J connectivity index is 2.51. The fourth-order valence-electron chi connectivity index (χ4n) is 1.66. The van der Waals surface area contributed by atoms with Gasteiger partial charge in [-0.15, -0.1) is 0 Å². The zero-order chi connectivity index (χ0) is 10.8. The van der Waals surface area contributed by atoms with Crippen molar-refractivity contribution in [3.05, 3.63) is 30.5 Å². The maximum atomic E-state index is 9.04. The van der Waals surface area contributed by atoms with Crippen LogP contribution in [-0.2, 0) is 6.54 Å². The number of hydrogen-bond donors (Lipinski definition) is 3. The van der Waals surface area contributed by atoms with Gasteiger partial charge in [0.25, 0.3) is 0 Å². The quantitative estimate of drug-likeness (QED) is 0.581. The second-order valence-corrected chi connectivity index (χ2v) is 3.42. The van der Waals surface area contributed by atoms with Crippen LogP contribution in [0.3, 0.4) is 0 Å². The molecule has 1 aromatic carbocycles. The summed E-state index contributed by atoms with van der Waals surface area (Å²) in [4.78, 5) is 0. The first kappa shape index (κ1) is 10.2. The summed E-state index contributed by atoms with van der Waals surface area (Å²) in [6.07, 6.45) is 1.87. The monoisotopic (exact) mass is 205 g/mol. The molecule has 1 heterocycles. The molecule has 5 heteroatoms. The van der Waals surface area contributed by atoms with E-state index >= 15 is 0 Å². The first-order valence-corrected chi connectivity index (χ1v) is 4.78. The summed E-state index contributed by atoms with van der Waals surface area (Å²) >= 11 is 0. The SMILES string of the molecule is OCCn1ccc2ccc(B(O)O)cc21. The van der Waals surface area contributed by atoms with Gasteiger partial charge >= 0.3 is 7.12 Å². The van der Waals surface area contributed by atoms with Crippen molar-refractivity contribution in [2.24, 2.45) is 0 Å². The maximum absolute atomic E-state index is 9.04. The Hall–Kier alpha value is -1.30. The Kier molecular flexibility index (Phi) is 2.77. The van der Waals surface area contributed by atoms with E-state index in [-0.39, 0.29) is 6.61 Å². The second-order valence-electron chi connectivity index (χ2n) is 3.42. The van der Waals surface area contributed by atoms with Gasteiger partial charge in [0.1, 0.15) is 0 Å². The minimum absolute atomic E-state index is 0.0652. The number of benzene rings is 1. The third-order valence-corrected chi connectivity index (χ3v) is 2.44. The van der Waals surface area contributed by atoms with Crippen LogP contribution in [-0.4, -0.2) is 33.4 Å². The summed E-state index contributed by atoms with van der Waals surface area (Å²) in [7, 11) is -1.45. The third kappa shape index (κ3) is 1.90. The van der Waals surface area contributed by atoms with E-state index < -0.39 is 7.12 Å². The van der Waals surface area contributed by atoms with Crippen molar-refractivity contribution in [2.75, 3.05) is 6.61 Å². The number of aliphatic hydroxyl groups is 1. The van der Waals surface area contributed by atoms with E-state index in [1.165, 1.54) is 0 Å². The second kappa shape index (κ2) is 4.06. The van der Waals surface area contributed by atoms with E-state index in [0.717, 1.165) is 10.9 Å². The Labute approximate surface area is 87.5 Å². The van der Waals surface area contributed by atoms with Crippen molar-refractivity contribution in [1.82, 2.24) is 4.57 Å². The van der Waals surface area contributed by atoms with Crippen molar-refractivity contribution < 1.29 is 15.2 Å². The average Bonchev–Trinajstić information content (AvgIpc) is 2.61. The van der Waals surface area contributed by atoms with Crippen molar-refractivity contribution in [2.45, 2.75) is 6.54 Å². The van der Waals surface area contributed by atoms with Gasteiger partial charge in [-0.2, -0.15) is 0 Å². The molecule has 0 aliphatic rings. The number of hydrogen-bond acceptors (Lipinski definition) is 3. The molecule has 0 saturated carbocycles. The largest absolute Gasteiger partial charge is 0.488 e. The molecule has 2 aromatic rings. The highest BCUT2D eigenvalue weighted by Crippen LogP contribution is 2.13. The van der Waals surface area contributed by atoms with E-state index in [2.05, 4.69) is 0 Å². The molecule has 0 aliphatic carbocycles. The van der Waals surface area contributed by atoms with Gasteiger partial charge in [-0.05, 0) is 23.0 Å². The van der Waals surface area contributed by atoms with Crippen LogP contribution in [0.2, 0.25) is 0 Å². The van der Waals surface area contributed by atoms with E-state index in [0.29, 0.717) is 12.0 Å². The topological polar surface area (TPSA) is 65.6 Å². The number of aliphatic hydroxyl groups excluding tert-OH is 1. The van der Waals surface area contributed by atoms with Gasteiger partial charge in [0, 0.05) is 18.3 Å². The molecule has 2 rings (SSSR count). The number of rotatable bonds is 3. The maximum Gasteiger partial charge on any atom is 0.488 e. The molecule has 0 radical (unpaired) electrons. The molecule has 3 N–H and O–H groups in total. The Morgan fingerprint density at radius 1 is 1.20 bits per heavy atom. The van der Waals surface area contributed by atoms with E-state index in [1.54, 1.807) is 12.1 Å². The van der Waals surface area contributed by atoms with Gasteiger partial charge in [0.15, 0.2) is 0 Å². The lowest BCUT2D eigenvalue weighted by molar-refractivity contribution is 0.278. The third-order valence-electron chi connectivity index (χ3n) is 2.44. The van der Waals surface area contributed by atoms with Crippen LogP contribution < -0.4 is 5.46 Å². The molecule has 0 fully saturated rings. The molecule has 4 nitrogen and oxygen atoms in total. The normalized spacial score (nSPS) is 10.9. The molecule has 0 atom stereocenters. The highest BCUT2D eigenvalue weighted by Gasteiger charge is 2.12. The molecule has 0 saturated heterocycles. The molecule has 0 aliphatic heterocycles. The van der Waals surface area contributed by atoms with Crippen LogP contribution in [0.25, 0.3) is 10.9 Å². The summed E-state index contributed by atoms with van der Waals surface area (Å²) in [6.45, 7) is 0.574. The van der Waals surface area contributed by atoms with Crippen molar-refractivity contribution in [3.8, 4) is 0 Å². The lowest BCUT2D eigenvalue weighted by Gasteiger charge is -2.04. The summed E-state index contributed by atoms with van der Waals surface area (Å²) in [6, 6.07) is 7.16. The fourth-order valence-corrected chi connectivity index (χ4v) is 1.66. The fraction of sp³-hybridized carbons (Fsp3) is 0.200. The van der Waals surface area contributed by atoms with Gasteiger partial charge in [-0.25, -0.2) is 0 Å². The molecule has 1 aromatic heterocycles. The first-order chi connectivity index (χ1) is 7.22. The highest BCUT2D eigenvalue weighted by molar-refractivity contribution is 6.58. The van der Waals surface area contributed by atoms with Crippen LogP contribution >= 0.6 is 0 Å². The van der Waals surface area contributed by atoms with Crippen molar-refractivity contribution in [1.29, 1.82) is 0 Å². The lowest BCUT2D eigenvalue weighted by Crippen LogP contribution is -2.29. The molecule has 0 spiro atoms. The molecule has 78 valence electrons. The van der Waals surface area contributed by atoms with Crippen LogP contribution in [0.5, 0.6) is 0 Å². The molecule has 0 bridgehead atoms. The lowest BCUT2D eigenvalue weighted by atomic mass is 9.80. The van der Waals surface area contributed by atoms with Crippen LogP contribution in [0.1, 0.15) is 0 Å². The van der Waals surface area contributed by atoms with Gasteiger partial charge in [-0.3, -0.25) is 0 Å². The molecule has 0 unspecified atom stereocenters. The summed E-state index contributed by atoms with van der Waals surface area (Å²) < 4.78 is 1.88. The summed E-state index contributed by atoms with van der Waals surface area (Å²) in [5.41, 5.74) is 1.36. The molecular formula is C10H12BNO3. The average molecular weight is 205 g/mol. The minimum Gasteiger partial charge on any atom is -0.423 e. The Morgan fingerprint density at radius 3 is 2.67 bits per heavy atom. The molecular weight excluding hydrogens is 193 g/mol. The van der Waals surface area contributed by atoms with E-state index in [4.69, 9.17) is 15.2 Å². The Bertz CT molecular complexity index is 467.